The lowest BCUT2D eigenvalue weighted by Gasteiger charge is -2.60. The number of carbonyl (C=O) groups is 2. The van der Waals surface area contributed by atoms with Gasteiger partial charge in [0.1, 0.15) is 0 Å². The molecule has 128 valence electrons. The second kappa shape index (κ2) is 5.57. The average molecular weight is 329 g/mol. The summed E-state index contributed by atoms with van der Waals surface area (Å²) in [6.45, 7) is 4.78. The summed E-state index contributed by atoms with van der Waals surface area (Å²) in [5.74, 6) is 0.112. The standard InChI is InChI=1S/C18H23N3O3/c1-13(22)20-11-18(12-20)10-19(8-15-7-16(23)9-21(15)18)17(24)14-5-3-2-4-6-14/h2-6,15-16,23H,7-12H2,1H3/t15-,16+/m0/s1. The quantitative estimate of drug-likeness (QED) is 0.798. The van der Waals surface area contributed by atoms with E-state index in [-0.39, 0.29) is 29.5 Å². The van der Waals surface area contributed by atoms with Crippen LogP contribution in [-0.4, -0.2) is 82.0 Å². The molecule has 3 aliphatic rings. The summed E-state index contributed by atoms with van der Waals surface area (Å²) in [5, 5.41) is 10.1. The van der Waals surface area contributed by atoms with Crippen molar-refractivity contribution >= 4 is 11.8 Å². The Morgan fingerprint density at radius 3 is 2.42 bits per heavy atom. The highest BCUT2D eigenvalue weighted by molar-refractivity contribution is 5.94. The van der Waals surface area contributed by atoms with Gasteiger partial charge < -0.3 is 14.9 Å². The number of carbonyl (C=O) groups excluding carboxylic acids is 2. The van der Waals surface area contributed by atoms with Crippen molar-refractivity contribution < 1.29 is 14.7 Å². The van der Waals surface area contributed by atoms with Crippen molar-refractivity contribution in [2.24, 2.45) is 0 Å². The highest BCUT2D eigenvalue weighted by Crippen LogP contribution is 2.39. The van der Waals surface area contributed by atoms with E-state index in [9.17, 15) is 14.7 Å². The molecule has 1 N–H and O–H groups in total. The van der Waals surface area contributed by atoms with Gasteiger partial charge in [0.25, 0.3) is 5.91 Å². The molecule has 1 aromatic rings. The zero-order valence-electron chi connectivity index (χ0n) is 13.9. The van der Waals surface area contributed by atoms with Gasteiger partial charge in [-0.2, -0.15) is 0 Å². The predicted molar refractivity (Wildman–Crippen MR) is 88.4 cm³/mol. The second-order valence-corrected chi connectivity index (χ2v) is 7.35. The lowest BCUT2D eigenvalue weighted by Crippen LogP contribution is -2.78. The smallest absolute Gasteiger partial charge is 0.253 e. The number of benzene rings is 1. The first-order valence-electron chi connectivity index (χ1n) is 8.53. The lowest BCUT2D eigenvalue weighted by atomic mass is 9.83. The highest BCUT2D eigenvalue weighted by atomic mass is 16.3. The summed E-state index contributed by atoms with van der Waals surface area (Å²) in [6, 6.07) is 9.51. The fraction of sp³-hybridized carbons (Fsp3) is 0.556. The first-order chi connectivity index (χ1) is 11.5. The van der Waals surface area contributed by atoms with E-state index >= 15 is 0 Å². The minimum atomic E-state index is -0.343. The van der Waals surface area contributed by atoms with E-state index in [2.05, 4.69) is 4.90 Å². The van der Waals surface area contributed by atoms with Gasteiger partial charge in [0.15, 0.2) is 0 Å². The number of likely N-dealkylation sites (tertiary alicyclic amines) is 1. The van der Waals surface area contributed by atoms with E-state index in [0.29, 0.717) is 44.7 Å². The van der Waals surface area contributed by atoms with Crippen LogP contribution in [0.4, 0.5) is 0 Å². The molecule has 0 bridgehead atoms. The highest BCUT2D eigenvalue weighted by Gasteiger charge is 2.57. The average Bonchev–Trinajstić information content (AvgIpc) is 2.92. The van der Waals surface area contributed by atoms with E-state index in [0.717, 1.165) is 0 Å². The van der Waals surface area contributed by atoms with Crippen molar-refractivity contribution in [1.29, 1.82) is 0 Å². The molecule has 4 rings (SSSR count). The zero-order valence-corrected chi connectivity index (χ0v) is 13.9. The van der Waals surface area contributed by atoms with Gasteiger partial charge in [-0.15, -0.1) is 0 Å². The molecule has 0 unspecified atom stereocenters. The van der Waals surface area contributed by atoms with Crippen LogP contribution in [0.25, 0.3) is 0 Å². The van der Waals surface area contributed by atoms with Gasteiger partial charge in [-0.05, 0) is 18.6 Å². The molecule has 2 atom stereocenters. The van der Waals surface area contributed by atoms with Crippen molar-refractivity contribution in [2.45, 2.75) is 31.0 Å². The Bertz CT molecular complexity index is 657. The normalized spacial score (nSPS) is 28.6. The van der Waals surface area contributed by atoms with Crippen LogP contribution in [-0.2, 0) is 4.79 Å². The third kappa shape index (κ3) is 2.41. The molecule has 24 heavy (non-hydrogen) atoms. The van der Waals surface area contributed by atoms with E-state index in [1.807, 2.05) is 40.1 Å². The van der Waals surface area contributed by atoms with Gasteiger partial charge >= 0.3 is 0 Å². The van der Waals surface area contributed by atoms with Gasteiger partial charge in [-0.3, -0.25) is 14.5 Å². The van der Waals surface area contributed by atoms with E-state index in [4.69, 9.17) is 0 Å². The maximum Gasteiger partial charge on any atom is 0.253 e. The van der Waals surface area contributed by atoms with E-state index < -0.39 is 0 Å². The van der Waals surface area contributed by atoms with Crippen LogP contribution < -0.4 is 0 Å². The van der Waals surface area contributed by atoms with Crippen molar-refractivity contribution in [3.8, 4) is 0 Å². The maximum absolute atomic E-state index is 12.9. The fourth-order valence-corrected chi connectivity index (χ4v) is 4.50. The summed E-state index contributed by atoms with van der Waals surface area (Å²) < 4.78 is 0. The zero-order chi connectivity index (χ0) is 16.9. The molecule has 6 heteroatoms. The number of hydrogen-bond acceptors (Lipinski definition) is 4. The predicted octanol–water partition coefficient (Wildman–Crippen LogP) is 0.179. The number of β-amino-alcohol motifs (C(OH)–C–C–N with tert-alkyl or cyclic N) is 1. The summed E-state index contributed by atoms with van der Waals surface area (Å²) in [6.07, 6.45) is 0.352. The van der Waals surface area contributed by atoms with Crippen LogP contribution in [0.15, 0.2) is 30.3 Å². The molecule has 2 amide bonds. The Kier molecular flexibility index (Phi) is 3.62. The molecular formula is C18H23N3O3. The Morgan fingerprint density at radius 1 is 1.08 bits per heavy atom. The van der Waals surface area contributed by atoms with Crippen LogP contribution >= 0.6 is 0 Å². The Labute approximate surface area is 141 Å². The van der Waals surface area contributed by atoms with Crippen molar-refractivity contribution in [2.75, 3.05) is 32.7 Å². The molecule has 1 spiro atoms. The second-order valence-electron chi connectivity index (χ2n) is 7.35. The van der Waals surface area contributed by atoms with Gasteiger partial charge in [0.05, 0.1) is 11.6 Å². The third-order valence-corrected chi connectivity index (χ3v) is 5.64. The first kappa shape index (κ1) is 15.6. The number of aliphatic hydroxyl groups is 1. The molecule has 0 aromatic heterocycles. The van der Waals surface area contributed by atoms with Crippen molar-refractivity contribution in [1.82, 2.24) is 14.7 Å². The molecule has 0 aliphatic carbocycles. The van der Waals surface area contributed by atoms with Crippen LogP contribution in [0.5, 0.6) is 0 Å². The SMILES string of the molecule is CC(=O)N1CC2(C1)CN(C(=O)c1ccccc1)C[C@@H]1C[C@@H](O)CN12. The van der Waals surface area contributed by atoms with Gasteiger partial charge in [0.2, 0.25) is 5.91 Å². The summed E-state index contributed by atoms with van der Waals surface area (Å²) in [7, 11) is 0. The molecular weight excluding hydrogens is 306 g/mol. The topological polar surface area (TPSA) is 64.1 Å². The van der Waals surface area contributed by atoms with Crippen LogP contribution in [0.3, 0.4) is 0 Å². The summed E-state index contributed by atoms with van der Waals surface area (Å²) >= 11 is 0. The number of amides is 2. The monoisotopic (exact) mass is 329 g/mol. The summed E-state index contributed by atoms with van der Waals surface area (Å²) in [4.78, 5) is 30.6. The number of hydrogen-bond donors (Lipinski definition) is 1. The molecule has 1 aromatic carbocycles. The molecule has 3 aliphatic heterocycles. The molecule has 3 saturated heterocycles. The maximum atomic E-state index is 12.9. The number of rotatable bonds is 1. The Morgan fingerprint density at radius 2 is 1.75 bits per heavy atom. The number of nitrogens with zero attached hydrogens (tertiary/aromatic N) is 3. The van der Waals surface area contributed by atoms with Crippen molar-refractivity contribution in [3.05, 3.63) is 35.9 Å². The van der Waals surface area contributed by atoms with Crippen LogP contribution in [0, 0.1) is 0 Å². The lowest BCUT2D eigenvalue weighted by molar-refractivity contribution is -0.151. The number of aliphatic hydroxyl groups excluding tert-OH is 1. The minimum absolute atomic E-state index is 0.0392. The third-order valence-electron chi connectivity index (χ3n) is 5.64. The molecule has 3 fully saturated rings. The Balaban J connectivity index is 1.58. The molecule has 0 saturated carbocycles. The van der Waals surface area contributed by atoms with Crippen molar-refractivity contribution in [3.63, 3.8) is 0 Å². The molecule has 0 radical (unpaired) electrons. The first-order valence-corrected chi connectivity index (χ1v) is 8.53. The van der Waals surface area contributed by atoms with Gasteiger partial charge in [0, 0.05) is 51.3 Å². The Hall–Kier alpha value is -1.92. The van der Waals surface area contributed by atoms with Gasteiger partial charge in [-0.1, -0.05) is 18.2 Å². The van der Waals surface area contributed by atoms with E-state index in [1.165, 1.54) is 0 Å². The van der Waals surface area contributed by atoms with E-state index in [1.54, 1.807) is 6.92 Å². The number of piperazine rings is 1. The summed E-state index contributed by atoms with van der Waals surface area (Å²) in [5.41, 5.74) is 0.499. The van der Waals surface area contributed by atoms with Crippen LogP contribution in [0.2, 0.25) is 0 Å². The molecule has 3 heterocycles. The largest absolute Gasteiger partial charge is 0.392 e. The van der Waals surface area contributed by atoms with Gasteiger partial charge in [-0.25, -0.2) is 0 Å². The minimum Gasteiger partial charge on any atom is -0.392 e. The number of fused-ring (bicyclic) bond motifs is 2. The van der Waals surface area contributed by atoms with Crippen LogP contribution in [0.1, 0.15) is 23.7 Å². The molecule has 6 nitrogen and oxygen atoms in total. The fourth-order valence-electron chi connectivity index (χ4n) is 4.50.